The molecule has 3 rings (SSSR count). The molecule has 0 radical (unpaired) electrons. The number of aryl methyl sites for hydroxylation is 2. The van der Waals surface area contributed by atoms with E-state index in [1.54, 1.807) is 0 Å². The number of nitrogens with one attached hydrogen (secondary N) is 2. The van der Waals surface area contributed by atoms with Crippen molar-refractivity contribution in [1.29, 1.82) is 0 Å². The van der Waals surface area contributed by atoms with Crippen molar-refractivity contribution in [2.75, 3.05) is 0 Å². The van der Waals surface area contributed by atoms with Gasteiger partial charge in [-0.3, -0.25) is 20.4 Å². The molecule has 2 aromatic heterocycles. The third kappa shape index (κ3) is 3.97. The minimum absolute atomic E-state index is 0.108. The van der Waals surface area contributed by atoms with Gasteiger partial charge < -0.3 is 9.13 Å². The van der Waals surface area contributed by atoms with Gasteiger partial charge in [0.1, 0.15) is 17.5 Å². The van der Waals surface area contributed by atoms with Gasteiger partial charge in [-0.2, -0.15) is 0 Å². The highest BCUT2D eigenvalue weighted by Gasteiger charge is 2.12. The largest absolute Gasteiger partial charge is 0.331 e. The highest BCUT2D eigenvalue weighted by Crippen LogP contribution is 2.19. The van der Waals surface area contributed by atoms with E-state index in [4.69, 9.17) is 23.2 Å². The second-order valence-electron chi connectivity index (χ2n) is 5.63. The molecular weight excluding hydrogens is 379 g/mol. The fraction of sp³-hybridized carbons (Fsp3) is 0.250. The Morgan fingerprint density at radius 2 is 1.88 bits per heavy atom. The maximum Gasteiger partial charge on any atom is 0.258 e. The number of hydrazine groups is 1. The molecule has 26 heavy (non-hydrogen) atoms. The van der Waals surface area contributed by atoms with Gasteiger partial charge in [-0.25, -0.2) is 9.97 Å². The summed E-state index contributed by atoms with van der Waals surface area (Å²) in [6.45, 7) is -0.108. The second kappa shape index (κ2) is 7.76. The average Bonchev–Trinajstić information content (AvgIpc) is 3.12. The maximum atomic E-state index is 11.9. The number of carbonyl (C=O) groups excluding carboxylic acids is 2. The molecule has 0 fully saturated rings. The topological polar surface area (TPSA) is 93.8 Å². The zero-order valence-electron chi connectivity index (χ0n) is 13.9. The molecule has 0 bridgehead atoms. The summed E-state index contributed by atoms with van der Waals surface area (Å²) in [5.74, 6) is 0.0322. The van der Waals surface area contributed by atoms with Crippen LogP contribution in [0.5, 0.6) is 0 Å². The van der Waals surface area contributed by atoms with E-state index in [1.165, 1.54) is 10.9 Å². The first kappa shape index (κ1) is 18.2. The molecular formula is C16H16Cl2N6O2. The molecule has 3 aromatic rings. The van der Waals surface area contributed by atoms with E-state index in [1.807, 2.05) is 35.9 Å². The van der Waals surface area contributed by atoms with Crippen LogP contribution in [0.15, 0.2) is 30.6 Å². The number of hydrogen-bond acceptors (Lipinski definition) is 4. The van der Waals surface area contributed by atoms with Crippen LogP contribution in [0, 0.1) is 0 Å². The lowest BCUT2D eigenvalue weighted by Gasteiger charge is -2.08. The smallest absolute Gasteiger partial charge is 0.258 e. The number of imidazole rings is 2. The average molecular weight is 395 g/mol. The first-order valence-corrected chi connectivity index (χ1v) is 8.55. The van der Waals surface area contributed by atoms with Crippen LogP contribution in [-0.4, -0.2) is 30.9 Å². The Bertz CT molecular complexity index is 965. The van der Waals surface area contributed by atoms with E-state index >= 15 is 0 Å². The number of hydrogen-bond donors (Lipinski definition) is 2. The lowest BCUT2D eigenvalue weighted by atomic mass is 10.3. The SMILES string of the molecule is Cn1c(CCC(=O)NNC(=O)Cn2cnc(Cl)c2Cl)nc2ccccc21. The summed E-state index contributed by atoms with van der Waals surface area (Å²) < 4.78 is 3.32. The van der Waals surface area contributed by atoms with Crippen molar-refractivity contribution in [3.63, 3.8) is 0 Å². The molecule has 0 spiro atoms. The van der Waals surface area contributed by atoms with Crippen LogP contribution in [0.1, 0.15) is 12.2 Å². The second-order valence-corrected chi connectivity index (χ2v) is 6.34. The number of benzene rings is 1. The molecule has 0 unspecified atom stereocenters. The Balaban J connectivity index is 1.48. The molecule has 2 N–H and O–H groups in total. The van der Waals surface area contributed by atoms with Crippen LogP contribution in [0.4, 0.5) is 0 Å². The van der Waals surface area contributed by atoms with Gasteiger partial charge in [0, 0.05) is 19.9 Å². The molecule has 0 atom stereocenters. The normalized spacial score (nSPS) is 10.9. The lowest BCUT2D eigenvalue weighted by molar-refractivity contribution is -0.129. The Hall–Kier alpha value is -2.58. The standard InChI is InChI=1S/C16H16Cl2N6O2/c1-23-11-5-3-2-4-10(11)20-12(23)6-7-13(25)21-22-14(26)8-24-9-19-15(17)16(24)18/h2-5,9H,6-8H2,1H3,(H,21,25)(H,22,26). The zero-order chi connectivity index (χ0) is 18.7. The number of amides is 2. The summed E-state index contributed by atoms with van der Waals surface area (Å²) in [6, 6.07) is 7.75. The van der Waals surface area contributed by atoms with E-state index in [0.717, 1.165) is 16.9 Å². The van der Waals surface area contributed by atoms with Crippen molar-refractivity contribution < 1.29 is 9.59 Å². The van der Waals surface area contributed by atoms with Crippen LogP contribution in [-0.2, 0) is 29.6 Å². The predicted octanol–water partition coefficient (Wildman–Crippen LogP) is 1.86. The third-order valence-corrected chi connectivity index (χ3v) is 4.61. The highest BCUT2D eigenvalue weighted by atomic mass is 35.5. The Kier molecular flexibility index (Phi) is 5.43. The fourth-order valence-electron chi connectivity index (χ4n) is 2.49. The fourth-order valence-corrected chi connectivity index (χ4v) is 2.80. The molecule has 0 saturated carbocycles. The van der Waals surface area contributed by atoms with Crippen molar-refractivity contribution >= 4 is 46.0 Å². The van der Waals surface area contributed by atoms with Crippen LogP contribution < -0.4 is 10.9 Å². The molecule has 10 heteroatoms. The van der Waals surface area contributed by atoms with Crippen LogP contribution >= 0.6 is 23.2 Å². The summed E-state index contributed by atoms with van der Waals surface area (Å²) in [5.41, 5.74) is 6.59. The molecule has 0 aliphatic rings. The van der Waals surface area contributed by atoms with Gasteiger partial charge in [0.15, 0.2) is 5.15 Å². The van der Waals surface area contributed by atoms with Gasteiger partial charge in [0.2, 0.25) is 5.91 Å². The summed E-state index contributed by atoms with van der Waals surface area (Å²) in [4.78, 5) is 32.1. The quantitative estimate of drug-likeness (QED) is 0.645. The van der Waals surface area contributed by atoms with Crippen LogP contribution in [0.3, 0.4) is 0 Å². The summed E-state index contributed by atoms with van der Waals surface area (Å²) in [6.07, 6.45) is 1.99. The van der Waals surface area contributed by atoms with E-state index in [9.17, 15) is 9.59 Å². The molecule has 1 aromatic carbocycles. The molecule has 0 aliphatic heterocycles. The number of fused-ring (bicyclic) bond motifs is 1. The van der Waals surface area contributed by atoms with Gasteiger partial charge in [-0.15, -0.1) is 0 Å². The van der Waals surface area contributed by atoms with E-state index in [-0.39, 0.29) is 29.2 Å². The molecule has 0 saturated heterocycles. The van der Waals surface area contributed by atoms with E-state index < -0.39 is 5.91 Å². The van der Waals surface area contributed by atoms with Crippen molar-refractivity contribution in [3.8, 4) is 0 Å². The Morgan fingerprint density at radius 1 is 1.15 bits per heavy atom. The molecule has 136 valence electrons. The molecule has 2 heterocycles. The molecule has 0 aliphatic carbocycles. The summed E-state index contributed by atoms with van der Waals surface area (Å²) >= 11 is 11.6. The minimum atomic E-state index is -0.447. The van der Waals surface area contributed by atoms with Crippen molar-refractivity contribution in [1.82, 2.24) is 30.0 Å². The van der Waals surface area contributed by atoms with Crippen LogP contribution in [0.2, 0.25) is 10.3 Å². The first-order valence-electron chi connectivity index (χ1n) is 7.80. The molecule has 8 nitrogen and oxygen atoms in total. The van der Waals surface area contributed by atoms with Gasteiger partial charge in [0.25, 0.3) is 5.91 Å². The first-order chi connectivity index (χ1) is 12.5. The predicted molar refractivity (Wildman–Crippen MR) is 97.6 cm³/mol. The van der Waals surface area contributed by atoms with Gasteiger partial charge in [-0.1, -0.05) is 35.3 Å². The van der Waals surface area contributed by atoms with E-state index in [2.05, 4.69) is 20.8 Å². The van der Waals surface area contributed by atoms with Gasteiger partial charge in [0.05, 0.1) is 17.4 Å². The number of rotatable bonds is 5. The number of para-hydroxylation sites is 2. The van der Waals surface area contributed by atoms with Crippen molar-refractivity contribution in [3.05, 3.63) is 46.7 Å². The number of halogens is 2. The van der Waals surface area contributed by atoms with E-state index in [0.29, 0.717) is 6.42 Å². The van der Waals surface area contributed by atoms with Gasteiger partial charge >= 0.3 is 0 Å². The Morgan fingerprint density at radius 3 is 2.58 bits per heavy atom. The zero-order valence-corrected chi connectivity index (χ0v) is 15.4. The number of aromatic nitrogens is 4. The minimum Gasteiger partial charge on any atom is -0.331 e. The van der Waals surface area contributed by atoms with Crippen molar-refractivity contribution in [2.45, 2.75) is 19.4 Å². The monoisotopic (exact) mass is 394 g/mol. The lowest BCUT2D eigenvalue weighted by Crippen LogP contribution is -2.43. The molecule has 2 amide bonds. The summed E-state index contributed by atoms with van der Waals surface area (Å²) in [5, 5.41) is 0.279. The third-order valence-electron chi connectivity index (χ3n) is 3.84. The highest BCUT2D eigenvalue weighted by molar-refractivity contribution is 6.40. The maximum absolute atomic E-state index is 11.9. The summed E-state index contributed by atoms with van der Waals surface area (Å²) in [7, 11) is 1.91. The van der Waals surface area contributed by atoms with Gasteiger partial charge in [-0.05, 0) is 12.1 Å². The van der Waals surface area contributed by atoms with Crippen LogP contribution in [0.25, 0.3) is 11.0 Å². The Labute approximate surface area is 159 Å². The number of carbonyl (C=O) groups is 2. The number of nitrogens with zero attached hydrogens (tertiary/aromatic N) is 4. The van der Waals surface area contributed by atoms with Crippen molar-refractivity contribution in [2.24, 2.45) is 7.05 Å².